The van der Waals surface area contributed by atoms with Gasteiger partial charge in [-0.15, -0.1) is 11.3 Å². The minimum Gasteiger partial charge on any atom is -0.337 e. The second-order valence-electron chi connectivity index (χ2n) is 5.79. The summed E-state index contributed by atoms with van der Waals surface area (Å²) in [6.45, 7) is 5.98. The molecule has 0 aliphatic carbocycles. The first-order chi connectivity index (χ1) is 11.2. The molecule has 2 aromatic rings. The molecule has 1 amide bonds. The zero-order valence-electron chi connectivity index (χ0n) is 14.1. The van der Waals surface area contributed by atoms with Gasteiger partial charge < -0.3 is 4.90 Å². The van der Waals surface area contributed by atoms with Crippen LogP contribution in [0.5, 0.6) is 0 Å². The topological polar surface area (TPSA) is 33.2 Å². The van der Waals surface area contributed by atoms with Gasteiger partial charge >= 0.3 is 0 Å². The van der Waals surface area contributed by atoms with Gasteiger partial charge in [-0.05, 0) is 18.4 Å². The lowest BCUT2D eigenvalue weighted by Gasteiger charge is -2.21. The molecule has 0 saturated heterocycles. The molecule has 2 rings (SSSR count). The van der Waals surface area contributed by atoms with Gasteiger partial charge in [-0.25, -0.2) is 4.98 Å². The standard InChI is InChI=1S/C19H26N2OS/c1-3-5-12-21(13-6-4-2)19(22)17-15-23-18(20-17)14-16-10-8-7-9-11-16/h7-11,15H,3-6,12-14H2,1-2H3. The molecule has 124 valence electrons. The molecular formula is C19H26N2OS. The highest BCUT2D eigenvalue weighted by atomic mass is 32.1. The molecule has 0 bridgehead atoms. The van der Waals surface area contributed by atoms with Crippen molar-refractivity contribution in [3.63, 3.8) is 0 Å². The number of thiazole rings is 1. The molecule has 23 heavy (non-hydrogen) atoms. The fourth-order valence-corrected chi connectivity index (χ4v) is 3.24. The lowest BCUT2D eigenvalue weighted by atomic mass is 10.2. The molecule has 0 unspecified atom stereocenters. The van der Waals surface area contributed by atoms with Gasteiger partial charge in [0.25, 0.3) is 5.91 Å². The summed E-state index contributed by atoms with van der Waals surface area (Å²) in [5.41, 5.74) is 1.84. The maximum absolute atomic E-state index is 12.7. The molecule has 0 N–H and O–H groups in total. The Morgan fingerprint density at radius 2 is 1.74 bits per heavy atom. The predicted molar refractivity (Wildman–Crippen MR) is 97.1 cm³/mol. The van der Waals surface area contributed by atoms with Crippen molar-refractivity contribution in [2.75, 3.05) is 13.1 Å². The second kappa shape index (κ2) is 9.46. The minimum atomic E-state index is 0.0856. The minimum absolute atomic E-state index is 0.0856. The highest BCUT2D eigenvalue weighted by Gasteiger charge is 2.18. The Morgan fingerprint density at radius 1 is 1.09 bits per heavy atom. The fraction of sp³-hybridized carbons (Fsp3) is 0.474. The van der Waals surface area contributed by atoms with Crippen molar-refractivity contribution in [2.24, 2.45) is 0 Å². The monoisotopic (exact) mass is 330 g/mol. The van der Waals surface area contributed by atoms with Crippen LogP contribution < -0.4 is 0 Å². The number of carbonyl (C=O) groups is 1. The predicted octanol–water partition coefficient (Wildman–Crippen LogP) is 4.78. The molecule has 0 aliphatic rings. The summed E-state index contributed by atoms with van der Waals surface area (Å²) < 4.78 is 0. The van der Waals surface area contributed by atoms with Gasteiger partial charge in [-0.2, -0.15) is 0 Å². The molecule has 0 atom stereocenters. The number of carbonyl (C=O) groups excluding carboxylic acids is 1. The van der Waals surface area contributed by atoms with Crippen LogP contribution in [-0.4, -0.2) is 28.9 Å². The summed E-state index contributed by atoms with van der Waals surface area (Å²) in [6.07, 6.45) is 5.11. The van der Waals surface area contributed by atoms with Crippen LogP contribution in [0, 0.1) is 0 Å². The number of amides is 1. The Hall–Kier alpha value is -1.68. The summed E-state index contributed by atoms with van der Waals surface area (Å²) in [7, 11) is 0. The van der Waals surface area contributed by atoms with Crippen LogP contribution in [-0.2, 0) is 6.42 Å². The van der Waals surface area contributed by atoms with Crippen LogP contribution >= 0.6 is 11.3 Å². The molecule has 0 aliphatic heterocycles. The molecule has 0 spiro atoms. The van der Waals surface area contributed by atoms with Crippen molar-refractivity contribution < 1.29 is 4.79 Å². The van der Waals surface area contributed by atoms with Crippen LogP contribution in [0.25, 0.3) is 0 Å². The summed E-state index contributed by atoms with van der Waals surface area (Å²) in [6, 6.07) is 10.3. The van der Waals surface area contributed by atoms with E-state index in [4.69, 9.17) is 0 Å². The van der Waals surface area contributed by atoms with Crippen molar-refractivity contribution in [3.8, 4) is 0 Å². The average Bonchev–Trinajstić information content (AvgIpc) is 3.04. The van der Waals surface area contributed by atoms with Gasteiger partial charge in [0, 0.05) is 24.9 Å². The van der Waals surface area contributed by atoms with E-state index in [9.17, 15) is 4.79 Å². The second-order valence-corrected chi connectivity index (χ2v) is 6.73. The number of aromatic nitrogens is 1. The Bertz CT molecular complexity index is 586. The van der Waals surface area contributed by atoms with Gasteiger partial charge in [0.2, 0.25) is 0 Å². The highest BCUT2D eigenvalue weighted by molar-refractivity contribution is 7.09. The van der Waals surface area contributed by atoms with Gasteiger partial charge in [0.15, 0.2) is 0 Å². The zero-order valence-corrected chi connectivity index (χ0v) is 14.9. The van der Waals surface area contributed by atoms with E-state index in [2.05, 4.69) is 31.0 Å². The lowest BCUT2D eigenvalue weighted by Crippen LogP contribution is -2.33. The number of hydrogen-bond acceptors (Lipinski definition) is 3. The molecule has 1 heterocycles. The maximum Gasteiger partial charge on any atom is 0.273 e. The molecule has 3 nitrogen and oxygen atoms in total. The molecule has 0 radical (unpaired) electrons. The largest absolute Gasteiger partial charge is 0.337 e. The fourth-order valence-electron chi connectivity index (χ4n) is 2.44. The van der Waals surface area contributed by atoms with Gasteiger partial charge in [0.05, 0.1) is 5.01 Å². The lowest BCUT2D eigenvalue weighted by molar-refractivity contribution is 0.0746. The first-order valence-electron chi connectivity index (χ1n) is 8.52. The SMILES string of the molecule is CCCCN(CCCC)C(=O)c1csc(Cc2ccccc2)n1. The van der Waals surface area contributed by atoms with Crippen molar-refractivity contribution >= 4 is 17.2 Å². The molecule has 1 aromatic heterocycles. The van der Waals surface area contributed by atoms with E-state index in [0.717, 1.165) is 50.2 Å². The van der Waals surface area contributed by atoms with Crippen molar-refractivity contribution in [1.29, 1.82) is 0 Å². The Balaban J connectivity index is 2.02. The van der Waals surface area contributed by atoms with Crippen molar-refractivity contribution in [1.82, 2.24) is 9.88 Å². The highest BCUT2D eigenvalue weighted by Crippen LogP contribution is 2.16. The summed E-state index contributed by atoms with van der Waals surface area (Å²) in [5.74, 6) is 0.0856. The van der Waals surface area contributed by atoms with E-state index in [-0.39, 0.29) is 5.91 Å². The number of unbranched alkanes of at least 4 members (excludes halogenated alkanes) is 2. The third kappa shape index (κ3) is 5.47. The molecule has 0 fully saturated rings. The number of benzene rings is 1. The first kappa shape index (κ1) is 17.7. The smallest absolute Gasteiger partial charge is 0.273 e. The Kier molecular flexibility index (Phi) is 7.27. The zero-order chi connectivity index (χ0) is 16.5. The quantitative estimate of drug-likeness (QED) is 0.663. The van der Waals surface area contributed by atoms with E-state index >= 15 is 0 Å². The molecule has 1 aromatic carbocycles. The number of hydrogen-bond donors (Lipinski definition) is 0. The van der Waals surface area contributed by atoms with E-state index in [0.29, 0.717) is 5.69 Å². The van der Waals surface area contributed by atoms with E-state index in [1.165, 1.54) is 5.56 Å². The van der Waals surface area contributed by atoms with Crippen LogP contribution in [0.4, 0.5) is 0 Å². The molecule has 4 heteroatoms. The summed E-state index contributed by atoms with van der Waals surface area (Å²) >= 11 is 1.58. The summed E-state index contributed by atoms with van der Waals surface area (Å²) in [4.78, 5) is 19.2. The van der Waals surface area contributed by atoms with E-state index < -0.39 is 0 Å². The van der Waals surface area contributed by atoms with Crippen LogP contribution in [0.2, 0.25) is 0 Å². The van der Waals surface area contributed by atoms with Crippen LogP contribution in [0.3, 0.4) is 0 Å². The van der Waals surface area contributed by atoms with Gasteiger partial charge in [0.1, 0.15) is 5.69 Å². The third-order valence-electron chi connectivity index (χ3n) is 3.82. The number of nitrogens with zero attached hydrogens (tertiary/aromatic N) is 2. The molecular weight excluding hydrogens is 304 g/mol. The first-order valence-corrected chi connectivity index (χ1v) is 9.40. The maximum atomic E-state index is 12.7. The average molecular weight is 330 g/mol. The van der Waals surface area contributed by atoms with Crippen LogP contribution in [0.15, 0.2) is 35.7 Å². The number of rotatable bonds is 9. The summed E-state index contributed by atoms with van der Waals surface area (Å²) in [5, 5.41) is 2.91. The van der Waals surface area contributed by atoms with Gasteiger partial charge in [-0.3, -0.25) is 4.79 Å². The third-order valence-corrected chi connectivity index (χ3v) is 4.67. The van der Waals surface area contributed by atoms with Crippen molar-refractivity contribution in [3.05, 3.63) is 52.0 Å². The normalized spacial score (nSPS) is 10.7. The van der Waals surface area contributed by atoms with Gasteiger partial charge in [-0.1, -0.05) is 57.0 Å². The molecule has 0 saturated carbocycles. The van der Waals surface area contributed by atoms with E-state index in [1.807, 2.05) is 28.5 Å². The van der Waals surface area contributed by atoms with Crippen LogP contribution in [0.1, 0.15) is 60.6 Å². The van der Waals surface area contributed by atoms with Crippen molar-refractivity contribution in [2.45, 2.75) is 46.0 Å². The Labute approximate surface area is 143 Å². The van der Waals surface area contributed by atoms with E-state index in [1.54, 1.807) is 11.3 Å². The Morgan fingerprint density at radius 3 is 2.35 bits per heavy atom.